The Hall–Kier alpha value is -0.0300. The first kappa shape index (κ1) is 11.0. The third kappa shape index (κ3) is 4.42. The summed E-state index contributed by atoms with van der Waals surface area (Å²) < 4.78 is 0.637. The molecule has 0 fully saturated rings. The number of carboxylic acids is 1. The molecular formula is C5H10Cl2N2O2. The summed E-state index contributed by atoms with van der Waals surface area (Å²) in [4.78, 5) is 10.4. The number of halogens is 2. The summed E-state index contributed by atoms with van der Waals surface area (Å²) in [5.41, 5.74) is 5.18. The number of hydrogen-bond donors (Lipinski definition) is 2. The number of nitrogens with zero attached hydrogens (tertiary/aromatic N) is 1. The number of hydrogen-bond acceptors (Lipinski definition) is 3. The molecule has 0 unspecified atom stereocenters. The predicted molar refractivity (Wildman–Crippen MR) is 43.3 cm³/mol. The smallest absolute Gasteiger partial charge is 0.323 e. The molecular weight excluding hydrogens is 191 g/mol. The highest BCUT2D eigenvalue weighted by molar-refractivity contribution is 6.34. The highest BCUT2D eigenvalue weighted by Gasteiger charge is 2.22. The van der Waals surface area contributed by atoms with Gasteiger partial charge in [0.2, 0.25) is 0 Å². The van der Waals surface area contributed by atoms with E-state index in [1.54, 1.807) is 0 Å². The normalized spacial score (nSPS) is 13.5. The van der Waals surface area contributed by atoms with Crippen LogP contribution in [-0.4, -0.2) is 27.6 Å². The molecule has 0 aliphatic rings. The molecule has 4 nitrogen and oxygen atoms in total. The fraction of sp³-hybridized carbons (Fsp3) is 0.800. The van der Waals surface area contributed by atoms with E-state index in [0.717, 1.165) is 0 Å². The molecule has 66 valence electrons. The van der Waals surface area contributed by atoms with E-state index in [2.05, 4.69) is 0 Å². The predicted octanol–water partition coefficient (Wildman–Crippen LogP) is 0.788. The summed E-state index contributed by atoms with van der Waals surface area (Å²) >= 11 is 10.5. The van der Waals surface area contributed by atoms with Gasteiger partial charge in [0, 0.05) is 0 Å². The number of carboxylic acid groups (broad SMARTS) is 1. The van der Waals surface area contributed by atoms with E-state index < -0.39 is 12.0 Å². The third-order valence-corrected chi connectivity index (χ3v) is 1.67. The van der Waals surface area contributed by atoms with Gasteiger partial charge in [0.15, 0.2) is 0 Å². The number of aliphatic carboxylic acids is 1. The minimum atomic E-state index is -1.04. The minimum Gasteiger partial charge on any atom is -0.480 e. The Bertz CT molecular complexity index is 132. The Balaban J connectivity index is 3.80. The monoisotopic (exact) mass is 200 g/mol. The largest absolute Gasteiger partial charge is 0.480 e. The van der Waals surface area contributed by atoms with Crippen molar-refractivity contribution in [2.75, 3.05) is 6.54 Å². The number of nitrogens with two attached hydrogens (primary N) is 1. The lowest BCUT2D eigenvalue weighted by Gasteiger charge is -2.13. The maximum absolute atomic E-state index is 10.4. The standard InChI is InChI=1S/C5H10Cl2N2O2/c6-9(7)4(5(10)11)2-1-3-8/h4H,1-3,8H2,(H,10,11)/t4-/m1/s1. The zero-order chi connectivity index (χ0) is 8.85. The fourth-order valence-electron chi connectivity index (χ4n) is 0.616. The average molecular weight is 201 g/mol. The van der Waals surface area contributed by atoms with Crippen molar-refractivity contribution >= 4 is 29.5 Å². The van der Waals surface area contributed by atoms with E-state index in [4.69, 9.17) is 34.4 Å². The Kier molecular flexibility index (Phi) is 5.58. The van der Waals surface area contributed by atoms with Gasteiger partial charge in [-0.2, -0.15) is 0 Å². The summed E-state index contributed by atoms with van der Waals surface area (Å²) in [5, 5.41) is 8.52. The molecule has 0 heterocycles. The molecule has 0 aromatic carbocycles. The molecule has 0 radical (unpaired) electrons. The first-order valence-corrected chi connectivity index (χ1v) is 3.81. The second kappa shape index (κ2) is 5.60. The maximum Gasteiger partial charge on any atom is 0.323 e. The Morgan fingerprint density at radius 2 is 2.18 bits per heavy atom. The lowest BCUT2D eigenvalue weighted by molar-refractivity contribution is -0.140. The van der Waals surface area contributed by atoms with Crippen LogP contribution in [0.3, 0.4) is 0 Å². The molecule has 3 N–H and O–H groups in total. The molecule has 0 spiro atoms. The van der Waals surface area contributed by atoms with E-state index in [1.807, 2.05) is 0 Å². The van der Waals surface area contributed by atoms with Crippen LogP contribution in [0, 0.1) is 0 Å². The average Bonchev–Trinajstić information content (AvgIpc) is 1.87. The van der Waals surface area contributed by atoms with E-state index in [1.165, 1.54) is 0 Å². The molecule has 0 amide bonds. The topological polar surface area (TPSA) is 66.6 Å². The lowest BCUT2D eigenvalue weighted by Crippen LogP contribution is -2.29. The Labute approximate surface area is 75.1 Å². The van der Waals surface area contributed by atoms with Gasteiger partial charge < -0.3 is 10.8 Å². The minimum absolute atomic E-state index is 0.360. The zero-order valence-corrected chi connectivity index (χ0v) is 7.35. The van der Waals surface area contributed by atoms with Crippen LogP contribution < -0.4 is 5.73 Å². The van der Waals surface area contributed by atoms with Crippen molar-refractivity contribution in [1.29, 1.82) is 0 Å². The molecule has 0 aliphatic heterocycles. The van der Waals surface area contributed by atoms with Gasteiger partial charge in [-0.05, 0) is 42.9 Å². The van der Waals surface area contributed by atoms with Crippen LogP contribution in [0.15, 0.2) is 0 Å². The highest BCUT2D eigenvalue weighted by atomic mass is 35.5. The van der Waals surface area contributed by atoms with Gasteiger partial charge in [0.05, 0.1) is 0 Å². The van der Waals surface area contributed by atoms with Crippen molar-refractivity contribution in [2.24, 2.45) is 5.73 Å². The molecule has 0 aromatic rings. The van der Waals surface area contributed by atoms with E-state index in [0.29, 0.717) is 23.3 Å². The second-order valence-corrected chi connectivity index (χ2v) is 2.95. The van der Waals surface area contributed by atoms with Crippen molar-refractivity contribution in [3.05, 3.63) is 0 Å². The van der Waals surface area contributed by atoms with Crippen LogP contribution >= 0.6 is 23.6 Å². The summed E-state index contributed by atoms with van der Waals surface area (Å²) in [5.74, 6) is -1.04. The van der Waals surface area contributed by atoms with Gasteiger partial charge in [-0.3, -0.25) is 4.79 Å². The summed E-state index contributed by atoms with van der Waals surface area (Å²) in [6, 6.07) is -0.859. The van der Waals surface area contributed by atoms with Gasteiger partial charge in [0.25, 0.3) is 0 Å². The molecule has 11 heavy (non-hydrogen) atoms. The second-order valence-electron chi connectivity index (χ2n) is 2.04. The molecule has 1 atom stereocenters. The van der Waals surface area contributed by atoms with Crippen LogP contribution in [0.2, 0.25) is 0 Å². The zero-order valence-electron chi connectivity index (χ0n) is 5.83. The van der Waals surface area contributed by atoms with Gasteiger partial charge in [-0.25, -0.2) is 0 Å². The van der Waals surface area contributed by atoms with Crippen LogP contribution in [0.5, 0.6) is 0 Å². The maximum atomic E-state index is 10.4. The van der Waals surface area contributed by atoms with Crippen molar-refractivity contribution in [2.45, 2.75) is 18.9 Å². The van der Waals surface area contributed by atoms with Crippen LogP contribution in [0.4, 0.5) is 0 Å². The lowest BCUT2D eigenvalue weighted by atomic mass is 10.2. The van der Waals surface area contributed by atoms with Crippen LogP contribution in [0.1, 0.15) is 12.8 Å². The Morgan fingerprint density at radius 3 is 2.45 bits per heavy atom. The van der Waals surface area contributed by atoms with Gasteiger partial charge >= 0.3 is 5.97 Å². The molecule has 0 bridgehead atoms. The quantitative estimate of drug-likeness (QED) is 0.645. The van der Waals surface area contributed by atoms with Crippen LogP contribution in [0.25, 0.3) is 0 Å². The summed E-state index contributed by atoms with van der Waals surface area (Å²) in [6.07, 6.45) is 0.950. The SMILES string of the molecule is NCCC[C@H](C(=O)O)N(Cl)Cl. The number of rotatable bonds is 5. The van der Waals surface area contributed by atoms with Crippen molar-refractivity contribution < 1.29 is 9.90 Å². The summed E-state index contributed by atoms with van der Waals surface area (Å²) in [6.45, 7) is 0.436. The van der Waals surface area contributed by atoms with Crippen molar-refractivity contribution in [3.8, 4) is 0 Å². The fourth-order valence-corrected chi connectivity index (χ4v) is 0.978. The van der Waals surface area contributed by atoms with E-state index in [9.17, 15) is 4.79 Å². The molecule has 0 saturated heterocycles. The van der Waals surface area contributed by atoms with Gasteiger partial charge in [-0.1, -0.05) is 0 Å². The summed E-state index contributed by atoms with van der Waals surface area (Å²) in [7, 11) is 0. The first-order valence-electron chi connectivity index (χ1n) is 3.13. The van der Waals surface area contributed by atoms with Gasteiger partial charge in [-0.15, -0.1) is 3.94 Å². The third-order valence-electron chi connectivity index (χ3n) is 1.20. The van der Waals surface area contributed by atoms with Crippen molar-refractivity contribution in [3.63, 3.8) is 0 Å². The van der Waals surface area contributed by atoms with Crippen LogP contribution in [-0.2, 0) is 4.79 Å². The molecule has 0 aromatic heterocycles. The molecule has 0 saturated carbocycles. The van der Waals surface area contributed by atoms with E-state index >= 15 is 0 Å². The highest BCUT2D eigenvalue weighted by Crippen LogP contribution is 2.12. The first-order chi connectivity index (χ1) is 5.09. The molecule has 0 rings (SSSR count). The molecule has 6 heteroatoms. The van der Waals surface area contributed by atoms with Crippen molar-refractivity contribution in [1.82, 2.24) is 3.94 Å². The Morgan fingerprint density at radius 1 is 1.64 bits per heavy atom. The number of carbonyl (C=O) groups is 1. The van der Waals surface area contributed by atoms with Gasteiger partial charge in [0.1, 0.15) is 6.04 Å². The molecule has 0 aliphatic carbocycles. The van der Waals surface area contributed by atoms with E-state index in [-0.39, 0.29) is 0 Å².